The third-order valence-electron chi connectivity index (χ3n) is 2.24. The van der Waals surface area contributed by atoms with Crippen molar-refractivity contribution in [3.05, 3.63) is 29.3 Å². The van der Waals surface area contributed by atoms with E-state index in [1.54, 1.807) is 0 Å². The first-order chi connectivity index (χ1) is 6.09. The lowest BCUT2D eigenvalue weighted by Gasteiger charge is -2.08. The molecule has 0 heterocycles. The van der Waals surface area contributed by atoms with Crippen LogP contribution < -0.4 is 11.5 Å². The van der Waals surface area contributed by atoms with E-state index in [2.05, 4.69) is 13.0 Å². The summed E-state index contributed by atoms with van der Waals surface area (Å²) < 4.78 is 0. The first kappa shape index (κ1) is 10.1. The normalized spacial score (nSPS) is 12.8. The van der Waals surface area contributed by atoms with Crippen LogP contribution in [0.1, 0.15) is 24.5 Å². The average molecular weight is 178 g/mol. The highest BCUT2D eigenvalue weighted by Crippen LogP contribution is 2.14. The standard InChI is InChI=1S/C11H18N2/c1-8-3-6-11(13)7-10(8)5-4-9(2)12/h3,6-7,9H,4-5,12-13H2,1-2H3. The number of nitrogens with two attached hydrogens (primary N) is 2. The van der Waals surface area contributed by atoms with Crippen LogP contribution in [0.3, 0.4) is 0 Å². The molecule has 0 radical (unpaired) electrons. The molecular formula is C11H18N2. The second-order valence-electron chi connectivity index (χ2n) is 3.70. The minimum absolute atomic E-state index is 0.265. The number of aryl methyl sites for hydroxylation is 2. The fourth-order valence-electron chi connectivity index (χ4n) is 1.34. The van der Waals surface area contributed by atoms with Crippen molar-refractivity contribution in [3.63, 3.8) is 0 Å². The average Bonchev–Trinajstić information content (AvgIpc) is 2.06. The zero-order valence-corrected chi connectivity index (χ0v) is 8.38. The molecule has 2 heteroatoms. The van der Waals surface area contributed by atoms with E-state index in [0.29, 0.717) is 0 Å². The Morgan fingerprint density at radius 1 is 1.38 bits per heavy atom. The van der Waals surface area contributed by atoms with Gasteiger partial charge >= 0.3 is 0 Å². The van der Waals surface area contributed by atoms with Crippen LogP contribution in [-0.4, -0.2) is 6.04 Å². The van der Waals surface area contributed by atoms with Gasteiger partial charge < -0.3 is 11.5 Å². The van der Waals surface area contributed by atoms with Gasteiger partial charge in [0.05, 0.1) is 0 Å². The molecule has 2 nitrogen and oxygen atoms in total. The zero-order chi connectivity index (χ0) is 9.84. The second-order valence-corrected chi connectivity index (χ2v) is 3.70. The largest absolute Gasteiger partial charge is 0.399 e. The molecule has 0 fully saturated rings. The molecule has 1 unspecified atom stereocenters. The molecule has 4 N–H and O–H groups in total. The van der Waals surface area contributed by atoms with E-state index < -0.39 is 0 Å². The van der Waals surface area contributed by atoms with Crippen molar-refractivity contribution < 1.29 is 0 Å². The Morgan fingerprint density at radius 2 is 2.08 bits per heavy atom. The van der Waals surface area contributed by atoms with Gasteiger partial charge in [0, 0.05) is 11.7 Å². The van der Waals surface area contributed by atoms with Crippen LogP contribution in [0.2, 0.25) is 0 Å². The van der Waals surface area contributed by atoms with Gasteiger partial charge in [-0.15, -0.1) is 0 Å². The molecule has 1 aromatic carbocycles. The molecule has 0 bridgehead atoms. The number of hydrogen-bond donors (Lipinski definition) is 2. The van der Waals surface area contributed by atoms with Crippen LogP contribution >= 0.6 is 0 Å². The number of hydrogen-bond acceptors (Lipinski definition) is 2. The Balaban J connectivity index is 2.70. The highest BCUT2D eigenvalue weighted by atomic mass is 14.6. The van der Waals surface area contributed by atoms with Crippen molar-refractivity contribution in [2.24, 2.45) is 5.73 Å². The molecule has 72 valence electrons. The van der Waals surface area contributed by atoms with E-state index in [9.17, 15) is 0 Å². The lowest BCUT2D eigenvalue weighted by atomic mass is 10.0. The fraction of sp³-hybridized carbons (Fsp3) is 0.455. The summed E-state index contributed by atoms with van der Waals surface area (Å²) in [6.45, 7) is 4.14. The number of anilines is 1. The molecule has 0 saturated heterocycles. The minimum atomic E-state index is 0.265. The predicted molar refractivity (Wildman–Crippen MR) is 57.6 cm³/mol. The Kier molecular flexibility index (Phi) is 3.32. The third-order valence-corrected chi connectivity index (χ3v) is 2.24. The molecule has 0 aliphatic heterocycles. The summed E-state index contributed by atoms with van der Waals surface area (Å²) in [6.07, 6.45) is 2.04. The number of rotatable bonds is 3. The number of benzene rings is 1. The summed E-state index contributed by atoms with van der Waals surface area (Å²) in [5.41, 5.74) is 14.9. The molecule has 0 amide bonds. The molecule has 1 atom stereocenters. The lowest BCUT2D eigenvalue weighted by molar-refractivity contribution is 0.665. The monoisotopic (exact) mass is 178 g/mol. The molecule has 0 aliphatic rings. The van der Waals surface area contributed by atoms with Crippen molar-refractivity contribution >= 4 is 5.69 Å². The van der Waals surface area contributed by atoms with Crippen molar-refractivity contribution in [2.45, 2.75) is 32.7 Å². The smallest absolute Gasteiger partial charge is 0.0316 e. The molecular weight excluding hydrogens is 160 g/mol. The quantitative estimate of drug-likeness (QED) is 0.694. The first-order valence-corrected chi connectivity index (χ1v) is 4.70. The zero-order valence-electron chi connectivity index (χ0n) is 8.38. The summed E-state index contributed by atoms with van der Waals surface area (Å²) in [6, 6.07) is 6.30. The van der Waals surface area contributed by atoms with Crippen LogP contribution in [0.25, 0.3) is 0 Å². The van der Waals surface area contributed by atoms with Gasteiger partial charge in [-0.2, -0.15) is 0 Å². The SMILES string of the molecule is Cc1ccc(N)cc1CCC(C)N. The van der Waals surface area contributed by atoms with Crippen LogP contribution in [-0.2, 0) is 6.42 Å². The van der Waals surface area contributed by atoms with Gasteiger partial charge in [0.15, 0.2) is 0 Å². The minimum Gasteiger partial charge on any atom is -0.399 e. The van der Waals surface area contributed by atoms with Gasteiger partial charge in [-0.1, -0.05) is 6.07 Å². The molecule has 0 aliphatic carbocycles. The summed E-state index contributed by atoms with van der Waals surface area (Å²) in [4.78, 5) is 0. The van der Waals surface area contributed by atoms with Crippen molar-refractivity contribution in [1.29, 1.82) is 0 Å². The van der Waals surface area contributed by atoms with E-state index in [1.165, 1.54) is 11.1 Å². The van der Waals surface area contributed by atoms with E-state index in [0.717, 1.165) is 18.5 Å². The van der Waals surface area contributed by atoms with Gasteiger partial charge in [-0.05, 0) is 49.9 Å². The first-order valence-electron chi connectivity index (χ1n) is 4.70. The van der Waals surface area contributed by atoms with E-state index >= 15 is 0 Å². The van der Waals surface area contributed by atoms with Gasteiger partial charge in [-0.25, -0.2) is 0 Å². The van der Waals surface area contributed by atoms with Crippen LogP contribution in [0.5, 0.6) is 0 Å². The van der Waals surface area contributed by atoms with Crippen LogP contribution in [0, 0.1) is 6.92 Å². The Labute approximate surface area is 79.9 Å². The van der Waals surface area contributed by atoms with Crippen LogP contribution in [0.4, 0.5) is 5.69 Å². The molecule has 0 saturated carbocycles. The predicted octanol–water partition coefficient (Wildman–Crippen LogP) is 1.86. The maximum Gasteiger partial charge on any atom is 0.0316 e. The highest BCUT2D eigenvalue weighted by Gasteiger charge is 2.00. The molecule has 1 rings (SSSR count). The fourth-order valence-corrected chi connectivity index (χ4v) is 1.34. The number of nitrogen functional groups attached to an aromatic ring is 1. The van der Waals surface area contributed by atoms with Crippen LogP contribution in [0.15, 0.2) is 18.2 Å². The van der Waals surface area contributed by atoms with Gasteiger partial charge in [0.25, 0.3) is 0 Å². The van der Waals surface area contributed by atoms with E-state index in [-0.39, 0.29) is 6.04 Å². The second kappa shape index (κ2) is 4.28. The molecule has 0 aromatic heterocycles. The summed E-state index contributed by atoms with van der Waals surface area (Å²) >= 11 is 0. The summed E-state index contributed by atoms with van der Waals surface area (Å²) in [7, 11) is 0. The maximum atomic E-state index is 5.70. The maximum absolute atomic E-state index is 5.70. The Hall–Kier alpha value is -1.02. The molecule has 1 aromatic rings. The Morgan fingerprint density at radius 3 is 2.69 bits per heavy atom. The van der Waals surface area contributed by atoms with Gasteiger partial charge in [-0.3, -0.25) is 0 Å². The van der Waals surface area contributed by atoms with E-state index in [1.807, 2.05) is 19.1 Å². The topological polar surface area (TPSA) is 52.0 Å². The van der Waals surface area contributed by atoms with Gasteiger partial charge in [0.1, 0.15) is 0 Å². The van der Waals surface area contributed by atoms with Gasteiger partial charge in [0.2, 0.25) is 0 Å². The summed E-state index contributed by atoms with van der Waals surface area (Å²) in [5.74, 6) is 0. The van der Waals surface area contributed by atoms with E-state index in [4.69, 9.17) is 11.5 Å². The van der Waals surface area contributed by atoms with Crippen molar-refractivity contribution in [2.75, 3.05) is 5.73 Å². The highest BCUT2D eigenvalue weighted by molar-refractivity contribution is 5.44. The summed E-state index contributed by atoms with van der Waals surface area (Å²) in [5, 5.41) is 0. The lowest BCUT2D eigenvalue weighted by Crippen LogP contribution is -2.15. The van der Waals surface area contributed by atoms with Crippen molar-refractivity contribution in [1.82, 2.24) is 0 Å². The Bertz CT molecular complexity index is 279. The molecule has 0 spiro atoms. The molecule has 13 heavy (non-hydrogen) atoms. The van der Waals surface area contributed by atoms with Crippen molar-refractivity contribution in [3.8, 4) is 0 Å². The third kappa shape index (κ3) is 3.07.